The number of rotatable bonds is 3. The van der Waals surface area contributed by atoms with Crippen LogP contribution >= 0.6 is 11.8 Å². The van der Waals surface area contributed by atoms with E-state index in [1.165, 1.54) is 40.8 Å². The van der Waals surface area contributed by atoms with Crippen molar-refractivity contribution >= 4 is 22.5 Å². The molecule has 2 heteroatoms. The maximum Gasteiger partial charge on any atom is 0.0162 e. The van der Waals surface area contributed by atoms with Gasteiger partial charge in [-0.25, -0.2) is 0 Å². The molecule has 1 atom stereocenters. The third-order valence-corrected chi connectivity index (χ3v) is 4.49. The SMILES string of the molecule is c1ccc2cc(SCC3CCCN3)ccc2c1. The summed E-state index contributed by atoms with van der Waals surface area (Å²) in [7, 11) is 0. The summed E-state index contributed by atoms with van der Waals surface area (Å²) in [6.45, 7) is 1.20. The van der Waals surface area contributed by atoms with Gasteiger partial charge in [0.15, 0.2) is 0 Å². The zero-order valence-corrected chi connectivity index (χ0v) is 10.7. The average Bonchev–Trinajstić information content (AvgIpc) is 2.89. The first-order valence-electron chi connectivity index (χ1n) is 6.27. The third-order valence-electron chi connectivity index (χ3n) is 3.33. The van der Waals surface area contributed by atoms with Crippen molar-refractivity contribution in [2.45, 2.75) is 23.8 Å². The van der Waals surface area contributed by atoms with Gasteiger partial charge in [0.1, 0.15) is 0 Å². The molecule has 0 spiro atoms. The number of hydrogen-bond acceptors (Lipinski definition) is 2. The van der Waals surface area contributed by atoms with E-state index in [1.54, 1.807) is 0 Å². The molecule has 0 aliphatic carbocycles. The summed E-state index contributed by atoms with van der Waals surface area (Å²) in [4.78, 5) is 1.39. The molecule has 1 heterocycles. The Morgan fingerprint density at radius 3 is 2.82 bits per heavy atom. The molecule has 0 saturated carbocycles. The lowest BCUT2D eigenvalue weighted by atomic mass is 10.1. The largest absolute Gasteiger partial charge is 0.313 e. The number of thioether (sulfide) groups is 1. The van der Waals surface area contributed by atoms with Crippen LogP contribution in [-0.2, 0) is 0 Å². The van der Waals surface area contributed by atoms with E-state index < -0.39 is 0 Å². The van der Waals surface area contributed by atoms with Crippen LogP contribution in [0.1, 0.15) is 12.8 Å². The summed E-state index contributed by atoms with van der Waals surface area (Å²) >= 11 is 1.97. The average molecular weight is 243 g/mol. The topological polar surface area (TPSA) is 12.0 Å². The van der Waals surface area contributed by atoms with Crippen LogP contribution in [0, 0.1) is 0 Å². The lowest BCUT2D eigenvalue weighted by Crippen LogP contribution is -2.23. The zero-order chi connectivity index (χ0) is 11.5. The first-order valence-corrected chi connectivity index (χ1v) is 7.25. The number of fused-ring (bicyclic) bond motifs is 1. The Morgan fingerprint density at radius 2 is 2.00 bits per heavy atom. The predicted molar refractivity (Wildman–Crippen MR) is 75.7 cm³/mol. The molecule has 1 N–H and O–H groups in total. The van der Waals surface area contributed by atoms with E-state index >= 15 is 0 Å². The van der Waals surface area contributed by atoms with Gasteiger partial charge < -0.3 is 5.32 Å². The molecule has 0 bridgehead atoms. The van der Waals surface area contributed by atoms with Crippen molar-refractivity contribution in [1.82, 2.24) is 5.32 Å². The first kappa shape index (κ1) is 11.1. The third kappa shape index (κ3) is 2.64. The lowest BCUT2D eigenvalue weighted by molar-refractivity contribution is 0.674. The van der Waals surface area contributed by atoms with Crippen molar-refractivity contribution in [3.63, 3.8) is 0 Å². The van der Waals surface area contributed by atoms with Crippen LogP contribution < -0.4 is 5.32 Å². The molecule has 0 radical (unpaired) electrons. The van der Waals surface area contributed by atoms with Crippen molar-refractivity contribution in [1.29, 1.82) is 0 Å². The van der Waals surface area contributed by atoms with E-state index in [9.17, 15) is 0 Å². The van der Waals surface area contributed by atoms with Crippen LogP contribution in [0.25, 0.3) is 10.8 Å². The normalized spacial score (nSPS) is 19.9. The van der Waals surface area contributed by atoms with E-state index in [0.717, 1.165) is 0 Å². The number of hydrogen-bond donors (Lipinski definition) is 1. The Morgan fingerprint density at radius 1 is 1.12 bits per heavy atom. The van der Waals surface area contributed by atoms with Gasteiger partial charge in [0.25, 0.3) is 0 Å². The highest BCUT2D eigenvalue weighted by Gasteiger charge is 2.13. The van der Waals surface area contributed by atoms with Crippen LogP contribution in [0.4, 0.5) is 0 Å². The maximum absolute atomic E-state index is 3.54. The van der Waals surface area contributed by atoms with E-state index in [-0.39, 0.29) is 0 Å². The van der Waals surface area contributed by atoms with Gasteiger partial charge in [-0.1, -0.05) is 30.3 Å². The van der Waals surface area contributed by atoms with Gasteiger partial charge in [-0.05, 0) is 42.3 Å². The molecule has 1 saturated heterocycles. The fourth-order valence-corrected chi connectivity index (χ4v) is 3.41. The van der Waals surface area contributed by atoms with E-state index in [0.29, 0.717) is 6.04 Å². The molecule has 1 aliphatic heterocycles. The van der Waals surface area contributed by atoms with Crippen LogP contribution in [0.3, 0.4) is 0 Å². The molecule has 0 aromatic heterocycles. The van der Waals surface area contributed by atoms with Crippen molar-refractivity contribution < 1.29 is 0 Å². The molecular weight excluding hydrogens is 226 g/mol. The molecule has 1 fully saturated rings. The summed E-state index contributed by atoms with van der Waals surface area (Å²) in [5, 5.41) is 6.22. The molecule has 1 aliphatic rings. The van der Waals surface area contributed by atoms with Crippen molar-refractivity contribution in [2.75, 3.05) is 12.3 Å². The summed E-state index contributed by atoms with van der Waals surface area (Å²) in [6, 6.07) is 16.0. The van der Waals surface area contributed by atoms with Gasteiger partial charge in [-0.3, -0.25) is 0 Å². The van der Waals surface area contributed by atoms with Gasteiger partial charge in [0.05, 0.1) is 0 Å². The summed E-state index contributed by atoms with van der Waals surface area (Å²) in [5.74, 6) is 1.19. The van der Waals surface area contributed by atoms with Gasteiger partial charge in [0.2, 0.25) is 0 Å². The monoisotopic (exact) mass is 243 g/mol. The zero-order valence-electron chi connectivity index (χ0n) is 9.86. The Bertz CT molecular complexity index is 503. The van der Waals surface area contributed by atoms with E-state index in [1.807, 2.05) is 11.8 Å². The second-order valence-corrected chi connectivity index (χ2v) is 5.71. The minimum atomic E-state index is 0.714. The first-order chi connectivity index (χ1) is 8.42. The quantitative estimate of drug-likeness (QED) is 0.825. The molecule has 3 rings (SSSR count). The van der Waals surface area contributed by atoms with Gasteiger partial charge in [0, 0.05) is 16.7 Å². The minimum Gasteiger partial charge on any atom is -0.313 e. The number of nitrogens with one attached hydrogen (secondary N) is 1. The van der Waals surface area contributed by atoms with Crippen molar-refractivity contribution in [3.8, 4) is 0 Å². The Balaban J connectivity index is 1.72. The highest BCUT2D eigenvalue weighted by molar-refractivity contribution is 7.99. The Hall–Kier alpha value is -0.990. The molecule has 2 aromatic rings. The fraction of sp³-hybridized carbons (Fsp3) is 0.333. The second-order valence-electron chi connectivity index (χ2n) is 4.61. The van der Waals surface area contributed by atoms with Gasteiger partial charge >= 0.3 is 0 Å². The number of benzene rings is 2. The van der Waals surface area contributed by atoms with Crippen molar-refractivity contribution in [2.24, 2.45) is 0 Å². The molecule has 1 unspecified atom stereocenters. The van der Waals surface area contributed by atoms with E-state index in [2.05, 4.69) is 47.8 Å². The molecule has 88 valence electrons. The lowest BCUT2D eigenvalue weighted by Gasteiger charge is -2.09. The molecule has 1 nitrogen and oxygen atoms in total. The fourth-order valence-electron chi connectivity index (χ4n) is 2.35. The minimum absolute atomic E-state index is 0.714. The van der Waals surface area contributed by atoms with Crippen LogP contribution in [0.5, 0.6) is 0 Å². The molecule has 2 aromatic carbocycles. The summed E-state index contributed by atoms with van der Waals surface area (Å²) in [6.07, 6.45) is 2.67. The summed E-state index contributed by atoms with van der Waals surface area (Å²) in [5.41, 5.74) is 0. The highest BCUT2D eigenvalue weighted by atomic mass is 32.2. The molecule has 17 heavy (non-hydrogen) atoms. The van der Waals surface area contributed by atoms with E-state index in [4.69, 9.17) is 0 Å². The molecule has 0 amide bonds. The van der Waals surface area contributed by atoms with Gasteiger partial charge in [-0.15, -0.1) is 11.8 Å². The standard InChI is InChI=1S/C15H17NS/c1-2-5-13-10-15(8-7-12(13)4-1)17-11-14-6-3-9-16-14/h1-2,4-5,7-8,10,14,16H,3,6,9,11H2. The predicted octanol–water partition coefficient (Wildman–Crippen LogP) is 3.68. The highest BCUT2D eigenvalue weighted by Crippen LogP contribution is 2.25. The summed E-state index contributed by atoms with van der Waals surface area (Å²) < 4.78 is 0. The maximum atomic E-state index is 3.54. The van der Waals surface area contributed by atoms with Crippen LogP contribution in [-0.4, -0.2) is 18.3 Å². The second kappa shape index (κ2) is 5.11. The van der Waals surface area contributed by atoms with Gasteiger partial charge in [-0.2, -0.15) is 0 Å². The van der Waals surface area contributed by atoms with Crippen molar-refractivity contribution in [3.05, 3.63) is 42.5 Å². The Labute approximate surface area is 107 Å². The Kier molecular flexibility index (Phi) is 3.34. The molecular formula is C15H17NS. The smallest absolute Gasteiger partial charge is 0.0162 e. The van der Waals surface area contributed by atoms with Crippen LogP contribution in [0.15, 0.2) is 47.4 Å². The van der Waals surface area contributed by atoms with Crippen LogP contribution in [0.2, 0.25) is 0 Å².